The first kappa shape index (κ1) is 22.7. The van der Waals surface area contributed by atoms with Gasteiger partial charge in [-0.2, -0.15) is 0 Å². The maximum atomic E-state index is 12.3. The quantitative estimate of drug-likeness (QED) is 0.316. The van der Waals surface area contributed by atoms with Crippen LogP contribution < -0.4 is 15.4 Å². The molecular weight excluding hydrogens is 434 g/mol. The summed E-state index contributed by atoms with van der Waals surface area (Å²) in [5.74, 6) is 1.62. The van der Waals surface area contributed by atoms with Crippen molar-refractivity contribution in [3.05, 3.63) is 72.0 Å². The van der Waals surface area contributed by atoms with E-state index in [9.17, 15) is 4.79 Å². The van der Waals surface area contributed by atoms with Crippen LogP contribution in [0.4, 0.5) is 11.4 Å². The van der Waals surface area contributed by atoms with Crippen molar-refractivity contribution in [1.29, 1.82) is 0 Å². The van der Waals surface area contributed by atoms with Gasteiger partial charge in [-0.05, 0) is 55.5 Å². The Morgan fingerprint density at radius 3 is 2.55 bits per heavy atom. The number of hydrogen-bond donors (Lipinski definition) is 2. The van der Waals surface area contributed by atoms with Crippen molar-refractivity contribution in [3.8, 4) is 5.75 Å². The maximum Gasteiger partial charge on any atom is 0.234 e. The van der Waals surface area contributed by atoms with E-state index in [1.165, 1.54) is 11.8 Å². The lowest BCUT2D eigenvalue weighted by molar-refractivity contribution is -0.113. The fraction of sp³-hybridized carbons (Fsp3) is 0.227. The van der Waals surface area contributed by atoms with Crippen molar-refractivity contribution >= 4 is 40.6 Å². The molecule has 0 aliphatic carbocycles. The fourth-order valence-electron chi connectivity index (χ4n) is 2.75. The zero-order valence-electron chi connectivity index (χ0n) is 17.2. The number of anilines is 2. The first-order valence-electron chi connectivity index (χ1n) is 9.77. The molecule has 162 valence electrons. The molecule has 0 aliphatic heterocycles. The van der Waals surface area contributed by atoms with Gasteiger partial charge in [0.25, 0.3) is 0 Å². The van der Waals surface area contributed by atoms with Gasteiger partial charge in [0.05, 0.1) is 18.9 Å². The summed E-state index contributed by atoms with van der Waals surface area (Å²) in [5.41, 5.74) is 1.65. The van der Waals surface area contributed by atoms with Crippen LogP contribution in [0.3, 0.4) is 0 Å². The third-order valence-electron chi connectivity index (χ3n) is 4.18. The Hall–Kier alpha value is -2.97. The smallest absolute Gasteiger partial charge is 0.234 e. The third kappa shape index (κ3) is 6.77. The molecule has 0 unspecified atom stereocenters. The Balaban J connectivity index is 1.57. The Morgan fingerprint density at radius 1 is 1.16 bits per heavy atom. The predicted molar refractivity (Wildman–Crippen MR) is 126 cm³/mol. The Kier molecular flexibility index (Phi) is 8.37. The van der Waals surface area contributed by atoms with Gasteiger partial charge in [0, 0.05) is 22.9 Å². The monoisotopic (exact) mass is 457 g/mol. The van der Waals surface area contributed by atoms with Crippen LogP contribution in [-0.4, -0.2) is 33.0 Å². The van der Waals surface area contributed by atoms with E-state index >= 15 is 0 Å². The van der Waals surface area contributed by atoms with E-state index in [0.717, 1.165) is 22.9 Å². The summed E-state index contributed by atoms with van der Waals surface area (Å²) in [6, 6.07) is 14.7. The van der Waals surface area contributed by atoms with Crippen molar-refractivity contribution in [2.24, 2.45) is 0 Å². The number of carbonyl (C=O) groups is 1. The summed E-state index contributed by atoms with van der Waals surface area (Å²) in [6.07, 6.45) is 1.78. The lowest BCUT2D eigenvalue weighted by Crippen LogP contribution is -2.15. The van der Waals surface area contributed by atoms with Gasteiger partial charge < -0.3 is 19.9 Å². The number of ether oxygens (including phenoxy) is 1. The van der Waals surface area contributed by atoms with Crippen molar-refractivity contribution in [2.75, 3.05) is 23.0 Å². The van der Waals surface area contributed by atoms with Crippen LogP contribution in [0.1, 0.15) is 12.7 Å². The molecule has 0 saturated carbocycles. The number of thioether (sulfide) groups is 1. The van der Waals surface area contributed by atoms with E-state index < -0.39 is 0 Å². The number of rotatable bonds is 11. The van der Waals surface area contributed by atoms with E-state index in [2.05, 4.69) is 27.4 Å². The highest BCUT2D eigenvalue weighted by atomic mass is 35.5. The highest BCUT2D eigenvalue weighted by Crippen LogP contribution is 2.20. The van der Waals surface area contributed by atoms with Crippen LogP contribution in [0.5, 0.6) is 5.75 Å². The van der Waals surface area contributed by atoms with E-state index in [4.69, 9.17) is 16.3 Å². The maximum absolute atomic E-state index is 12.3. The zero-order chi connectivity index (χ0) is 22.1. The number of allylic oxidation sites excluding steroid dienone is 1. The Morgan fingerprint density at radius 2 is 1.87 bits per heavy atom. The topological polar surface area (TPSA) is 81.1 Å². The SMILES string of the molecule is C=CCn1c(CNc2ccc(Cl)cc2)nnc1SCC(=O)Nc1ccc(OCC)cc1. The predicted octanol–water partition coefficient (Wildman–Crippen LogP) is 4.86. The number of aromatic nitrogens is 3. The molecule has 31 heavy (non-hydrogen) atoms. The van der Waals surface area contributed by atoms with Gasteiger partial charge in [0.2, 0.25) is 5.91 Å². The number of halogens is 1. The van der Waals surface area contributed by atoms with Crippen LogP contribution in [-0.2, 0) is 17.9 Å². The van der Waals surface area contributed by atoms with Crippen LogP contribution in [0, 0.1) is 0 Å². The molecule has 9 heteroatoms. The van der Waals surface area contributed by atoms with E-state index in [1.807, 2.05) is 60.0 Å². The van der Waals surface area contributed by atoms with Crippen LogP contribution in [0.15, 0.2) is 66.3 Å². The second-order valence-corrected chi connectivity index (χ2v) is 7.83. The largest absolute Gasteiger partial charge is 0.494 e. The number of nitrogens with one attached hydrogen (secondary N) is 2. The molecule has 0 bridgehead atoms. The molecule has 0 spiro atoms. The number of nitrogens with zero attached hydrogens (tertiary/aromatic N) is 3. The molecule has 2 aromatic carbocycles. The fourth-order valence-corrected chi connectivity index (χ4v) is 3.64. The summed E-state index contributed by atoms with van der Waals surface area (Å²) in [5, 5.41) is 16.0. The molecule has 0 atom stereocenters. The summed E-state index contributed by atoms with van der Waals surface area (Å²) in [7, 11) is 0. The van der Waals surface area contributed by atoms with Gasteiger partial charge in [-0.3, -0.25) is 4.79 Å². The van der Waals surface area contributed by atoms with Crippen molar-refractivity contribution in [1.82, 2.24) is 14.8 Å². The van der Waals surface area contributed by atoms with Gasteiger partial charge >= 0.3 is 0 Å². The first-order chi connectivity index (χ1) is 15.1. The lowest BCUT2D eigenvalue weighted by Gasteiger charge is -2.10. The minimum Gasteiger partial charge on any atom is -0.494 e. The summed E-state index contributed by atoms with van der Waals surface area (Å²) < 4.78 is 7.34. The van der Waals surface area contributed by atoms with Crippen LogP contribution >= 0.6 is 23.4 Å². The molecule has 0 radical (unpaired) electrons. The highest BCUT2D eigenvalue weighted by Gasteiger charge is 2.13. The standard InChI is InChI=1S/C22H24ClN5O2S/c1-3-13-28-20(14-24-17-7-5-16(23)6-8-17)26-27-22(28)31-15-21(29)25-18-9-11-19(12-10-18)30-4-2/h3,5-12,24H,1,4,13-15H2,2H3,(H,25,29). The number of carbonyl (C=O) groups excluding carboxylic acids is 1. The van der Waals surface area contributed by atoms with Crippen LogP contribution in [0.25, 0.3) is 0 Å². The number of benzene rings is 2. The number of amides is 1. The molecule has 0 aliphatic rings. The van der Waals surface area contributed by atoms with Crippen molar-refractivity contribution in [2.45, 2.75) is 25.2 Å². The molecular formula is C22H24ClN5O2S. The minimum atomic E-state index is -0.122. The molecule has 1 heterocycles. The first-order valence-corrected chi connectivity index (χ1v) is 11.1. The average Bonchev–Trinajstić information content (AvgIpc) is 3.15. The van der Waals surface area contributed by atoms with Gasteiger partial charge in [-0.25, -0.2) is 0 Å². The molecule has 0 fully saturated rings. The van der Waals surface area contributed by atoms with Gasteiger partial charge in [0.1, 0.15) is 5.75 Å². The number of hydrogen-bond acceptors (Lipinski definition) is 6. The van der Waals surface area contributed by atoms with Crippen molar-refractivity contribution in [3.63, 3.8) is 0 Å². The second kappa shape index (κ2) is 11.4. The highest BCUT2D eigenvalue weighted by molar-refractivity contribution is 7.99. The summed E-state index contributed by atoms with van der Waals surface area (Å²) in [6.45, 7) is 7.37. The molecule has 7 nitrogen and oxygen atoms in total. The molecule has 1 aromatic heterocycles. The average molecular weight is 458 g/mol. The normalized spacial score (nSPS) is 10.5. The van der Waals surface area contributed by atoms with E-state index in [0.29, 0.717) is 29.9 Å². The second-order valence-electron chi connectivity index (χ2n) is 6.45. The van der Waals surface area contributed by atoms with Crippen molar-refractivity contribution < 1.29 is 9.53 Å². The van der Waals surface area contributed by atoms with Gasteiger partial charge in [-0.15, -0.1) is 16.8 Å². The Labute approximate surface area is 190 Å². The van der Waals surface area contributed by atoms with Crippen LogP contribution in [0.2, 0.25) is 5.02 Å². The zero-order valence-corrected chi connectivity index (χ0v) is 18.7. The molecule has 2 N–H and O–H groups in total. The summed E-state index contributed by atoms with van der Waals surface area (Å²) in [4.78, 5) is 12.3. The molecule has 3 rings (SSSR count). The Bertz CT molecular complexity index is 1010. The summed E-state index contributed by atoms with van der Waals surface area (Å²) >= 11 is 7.25. The minimum absolute atomic E-state index is 0.122. The van der Waals surface area contributed by atoms with E-state index in [-0.39, 0.29) is 11.7 Å². The third-order valence-corrected chi connectivity index (χ3v) is 5.40. The lowest BCUT2D eigenvalue weighted by atomic mass is 10.3. The van der Waals surface area contributed by atoms with Gasteiger partial charge in [-0.1, -0.05) is 29.4 Å². The van der Waals surface area contributed by atoms with E-state index in [1.54, 1.807) is 6.08 Å². The molecule has 3 aromatic rings. The molecule has 1 amide bonds. The molecule has 0 saturated heterocycles. The van der Waals surface area contributed by atoms with Gasteiger partial charge in [0.15, 0.2) is 11.0 Å².